The number of carbonyl (C=O) groups is 1. The van der Waals surface area contributed by atoms with Gasteiger partial charge in [0.1, 0.15) is 17.7 Å². The van der Waals surface area contributed by atoms with Crippen LogP contribution in [0.1, 0.15) is 29.2 Å². The molecule has 0 fully saturated rings. The average molecular weight is 492 g/mol. The van der Waals surface area contributed by atoms with Crippen LogP contribution in [-0.4, -0.2) is 36.1 Å². The van der Waals surface area contributed by atoms with E-state index in [-0.39, 0.29) is 12.6 Å². The molecule has 0 spiro atoms. The zero-order valence-corrected chi connectivity index (χ0v) is 20.0. The Labute approximate surface area is 199 Å². The Hall–Kier alpha value is -2.53. The van der Waals surface area contributed by atoms with Gasteiger partial charge in [0.25, 0.3) is 0 Å². The molecular weight excluding hydrogens is 467 g/mol. The van der Waals surface area contributed by atoms with E-state index in [1.807, 2.05) is 18.2 Å². The van der Waals surface area contributed by atoms with Gasteiger partial charge in [-0.05, 0) is 60.1 Å². The number of carboxylic acid groups (broad SMARTS) is 1. The molecule has 8 heteroatoms. The quantitative estimate of drug-likeness (QED) is 0.351. The highest BCUT2D eigenvalue weighted by Crippen LogP contribution is 2.41. The van der Waals surface area contributed by atoms with Gasteiger partial charge in [-0.15, -0.1) is 0 Å². The van der Waals surface area contributed by atoms with Crippen molar-refractivity contribution in [3.8, 4) is 5.75 Å². The minimum Gasteiger partial charge on any atom is -0.486 e. The SMILES string of the molecule is CN(CCC(Oc1ccc(C(F)(P)c2ccc(F)cc2)cc1)c1cccc(Cl)c1)CC(=O)O. The summed E-state index contributed by atoms with van der Waals surface area (Å²) in [4.78, 5) is 12.6. The molecule has 0 amide bonds. The molecule has 174 valence electrons. The van der Waals surface area contributed by atoms with Gasteiger partial charge < -0.3 is 9.84 Å². The first kappa shape index (κ1) is 25.1. The van der Waals surface area contributed by atoms with E-state index in [0.29, 0.717) is 34.9 Å². The predicted molar refractivity (Wildman–Crippen MR) is 129 cm³/mol. The first-order valence-electron chi connectivity index (χ1n) is 10.3. The van der Waals surface area contributed by atoms with Crippen LogP contribution in [0, 0.1) is 5.82 Å². The third-order valence-electron chi connectivity index (χ3n) is 5.22. The van der Waals surface area contributed by atoms with Gasteiger partial charge in [0.05, 0.1) is 6.54 Å². The maximum atomic E-state index is 15.4. The van der Waals surface area contributed by atoms with Crippen LogP contribution in [-0.2, 0) is 10.2 Å². The van der Waals surface area contributed by atoms with E-state index in [4.69, 9.17) is 21.4 Å². The molecule has 0 aliphatic rings. The summed E-state index contributed by atoms with van der Waals surface area (Å²) >= 11 is 6.15. The van der Waals surface area contributed by atoms with Crippen molar-refractivity contribution < 1.29 is 23.4 Å². The van der Waals surface area contributed by atoms with Crippen molar-refractivity contribution in [2.45, 2.75) is 17.9 Å². The maximum absolute atomic E-state index is 15.4. The largest absolute Gasteiger partial charge is 0.486 e. The van der Waals surface area contributed by atoms with Crippen LogP contribution in [0.2, 0.25) is 5.02 Å². The maximum Gasteiger partial charge on any atom is 0.317 e. The van der Waals surface area contributed by atoms with Gasteiger partial charge in [-0.25, -0.2) is 8.78 Å². The molecule has 0 radical (unpaired) electrons. The number of hydrogen-bond acceptors (Lipinski definition) is 3. The second kappa shape index (κ2) is 11.1. The summed E-state index contributed by atoms with van der Waals surface area (Å²) in [6.45, 7) is 0.415. The molecule has 0 aromatic heterocycles. The summed E-state index contributed by atoms with van der Waals surface area (Å²) in [7, 11) is 3.91. The zero-order chi connectivity index (χ0) is 24.0. The molecule has 0 aliphatic heterocycles. The normalized spacial score (nSPS) is 14.0. The second-order valence-corrected chi connectivity index (χ2v) is 9.06. The third-order valence-corrected chi connectivity index (χ3v) is 6.12. The first-order valence-corrected chi connectivity index (χ1v) is 11.3. The number of benzene rings is 3. The van der Waals surface area contributed by atoms with Crippen molar-refractivity contribution in [2.24, 2.45) is 0 Å². The highest BCUT2D eigenvalue weighted by atomic mass is 35.5. The van der Waals surface area contributed by atoms with Gasteiger partial charge >= 0.3 is 5.97 Å². The molecule has 1 N–H and O–H groups in total. The molecule has 3 rings (SSSR count). The summed E-state index contributed by atoms with van der Waals surface area (Å²) in [6, 6.07) is 19.2. The number of hydrogen-bond donors (Lipinski definition) is 1. The van der Waals surface area contributed by atoms with E-state index in [2.05, 4.69) is 9.24 Å². The number of ether oxygens (including phenoxy) is 1. The molecule has 33 heavy (non-hydrogen) atoms. The summed E-state index contributed by atoms with van der Waals surface area (Å²) < 4.78 is 34.8. The van der Waals surface area contributed by atoms with Crippen molar-refractivity contribution in [1.82, 2.24) is 4.90 Å². The average Bonchev–Trinajstić information content (AvgIpc) is 2.77. The van der Waals surface area contributed by atoms with Gasteiger partial charge in [0.15, 0.2) is 5.41 Å². The predicted octanol–water partition coefficient (Wildman–Crippen LogP) is 6.05. The minimum atomic E-state index is -1.88. The van der Waals surface area contributed by atoms with Crippen molar-refractivity contribution >= 4 is 26.8 Å². The summed E-state index contributed by atoms with van der Waals surface area (Å²) in [5.41, 5.74) is 1.56. The van der Waals surface area contributed by atoms with E-state index in [0.717, 1.165) is 5.56 Å². The van der Waals surface area contributed by atoms with Crippen LogP contribution in [0.25, 0.3) is 0 Å². The molecule has 4 nitrogen and oxygen atoms in total. The van der Waals surface area contributed by atoms with Gasteiger partial charge in [0, 0.05) is 18.0 Å². The Morgan fingerprint density at radius 3 is 2.30 bits per heavy atom. The number of rotatable bonds is 10. The monoisotopic (exact) mass is 491 g/mol. The van der Waals surface area contributed by atoms with Gasteiger partial charge in [-0.2, -0.15) is 0 Å². The smallest absolute Gasteiger partial charge is 0.317 e. The number of carboxylic acids is 1. The zero-order valence-electron chi connectivity index (χ0n) is 18.0. The number of nitrogens with zero attached hydrogens (tertiary/aromatic N) is 1. The van der Waals surface area contributed by atoms with Crippen molar-refractivity contribution in [3.05, 3.63) is 100 Å². The molecule has 0 bridgehead atoms. The van der Waals surface area contributed by atoms with Crippen molar-refractivity contribution in [3.63, 3.8) is 0 Å². The van der Waals surface area contributed by atoms with Crippen LogP contribution >= 0.6 is 20.8 Å². The Morgan fingerprint density at radius 1 is 1.12 bits per heavy atom. The van der Waals surface area contributed by atoms with Crippen LogP contribution in [0.3, 0.4) is 0 Å². The van der Waals surface area contributed by atoms with Crippen LogP contribution < -0.4 is 4.74 Å². The lowest BCUT2D eigenvalue weighted by Gasteiger charge is -2.24. The molecular formula is C25H25ClF2NO3P. The molecule has 3 atom stereocenters. The lowest BCUT2D eigenvalue weighted by Crippen LogP contribution is -2.28. The number of alkyl halides is 1. The van der Waals surface area contributed by atoms with Crippen molar-refractivity contribution in [2.75, 3.05) is 20.1 Å². The minimum absolute atomic E-state index is 0.0763. The fourth-order valence-electron chi connectivity index (χ4n) is 3.45. The van der Waals surface area contributed by atoms with E-state index < -0.39 is 17.2 Å². The molecule has 0 saturated carbocycles. The van der Waals surface area contributed by atoms with Crippen molar-refractivity contribution in [1.29, 1.82) is 0 Å². The van der Waals surface area contributed by atoms with Gasteiger partial charge in [0.2, 0.25) is 0 Å². The highest BCUT2D eigenvalue weighted by Gasteiger charge is 2.28. The van der Waals surface area contributed by atoms with E-state index in [1.165, 1.54) is 24.3 Å². The molecule has 3 aromatic carbocycles. The Morgan fingerprint density at radius 2 is 1.73 bits per heavy atom. The van der Waals surface area contributed by atoms with E-state index >= 15 is 4.39 Å². The number of aliphatic carboxylic acids is 1. The van der Waals surface area contributed by atoms with Crippen LogP contribution in [0.5, 0.6) is 5.75 Å². The van der Waals surface area contributed by atoms with Gasteiger partial charge in [-0.3, -0.25) is 9.69 Å². The van der Waals surface area contributed by atoms with Crippen LogP contribution in [0.15, 0.2) is 72.8 Å². The van der Waals surface area contributed by atoms with Crippen LogP contribution in [0.4, 0.5) is 8.78 Å². The second-order valence-electron chi connectivity index (χ2n) is 7.82. The molecule has 0 aliphatic carbocycles. The highest BCUT2D eigenvalue weighted by molar-refractivity contribution is 7.18. The van der Waals surface area contributed by atoms with Gasteiger partial charge in [-0.1, -0.05) is 57.2 Å². The summed E-state index contributed by atoms with van der Waals surface area (Å²) in [5.74, 6) is -0.796. The molecule has 3 aromatic rings. The number of likely N-dealkylation sites (N-methyl/N-ethyl adjacent to an activating group) is 1. The topological polar surface area (TPSA) is 49.8 Å². The Balaban J connectivity index is 1.77. The first-order chi connectivity index (χ1) is 15.6. The standard InChI is InChI=1S/C25H25ClF2NO3P/c1-29(16-24(30)31)14-13-23(17-3-2-4-20(26)15-17)32-22-11-7-19(8-12-22)25(28,33)18-5-9-21(27)10-6-18/h2-12,15,23H,13-14,16,33H2,1H3,(H,30,31). The van der Waals surface area contributed by atoms with E-state index in [9.17, 15) is 9.18 Å². The summed E-state index contributed by atoms with van der Waals surface area (Å²) in [6.07, 6.45) is 0.145. The third kappa shape index (κ3) is 6.97. The Kier molecular flexibility index (Phi) is 8.41. The number of halogens is 3. The fourth-order valence-corrected chi connectivity index (χ4v) is 4.03. The molecule has 3 unspecified atom stereocenters. The Bertz CT molecular complexity index is 1080. The van der Waals surface area contributed by atoms with E-state index in [1.54, 1.807) is 42.3 Å². The lowest BCUT2D eigenvalue weighted by atomic mass is 10.0. The molecule has 0 heterocycles. The lowest BCUT2D eigenvalue weighted by molar-refractivity contribution is -0.138. The summed E-state index contributed by atoms with van der Waals surface area (Å²) in [5, 5.41) is 7.68. The molecule has 0 saturated heterocycles. The fraction of sp³-hybridized carbons (Fsp3) is 0.240.